The van der Waals surface area contributed by atoms with E-state index in [0.29, 0.717) is 35.2 Å². The van der Waals surface area contributed by atoms with E-state index in [4.69, 9.17) is 0 Å². The first-order chi connectivity index (χ1) is 15.4. The highest BCUT2D eigenvalue weighted by Gasteiger charge is 2.22. The Balaban J connectivity index is 1.59. The number of nitrogens with zero attached hydrogens (tertiary/aromatic N) is 3. The fourth-order valence-corrected chi connectivity index (χ4v) is 5.76. The Morgan fingerprint density at radius 3 is 2.72 bits per heavy atom. The van der Waals surface area contributed by atoms with Crippen molar-refractivity contribution in [3.05, 3.63) is 57.8 Å². The van der Waals surface area contributed by atoms with Gasteiger partial charge in [-0.1, -0.05) is 29.2 Å². The van der Waals surface area contributed by atoms with Crippen LogP contribution >= 0.6 is 39.0 Å². The summed E-state index contributed by atoms with van der Waals surface area (Å²) in [4.78, 5) is 36.8. The lowest BCUT2D eigenvalue weighted by Crippen LogP contribution is -2.46. The molecule has 3 heterocycles. The number of anilines is 2. The Bertz CT molecular complexity index is 1160. The minimum Gasteiger partial charge on any atom is -0.336 e. The van der Waals surface area contributed by atoms with Crippen molar-refractivity contribution in [2.24, 2.45) is 0 Å². The number of ketones is 1. The molecule has 7 nitrogen and oxygen atoms in total. The molecule has 4 rings (SSSR count). The van der Waals surface area contributed by atoms with Crippen LogP contribution in [0.5, 0.6) is 0 Å². The van der Waals surface area contributed by atoms with Crippen molar-refractivity contribution >= 4 is 61.7 Å². The van der Waals surface area contributed by atoms with Gasteiger partial charge < -0.3 is 15.5 Å². The van der Waals surface area contributed by atoms with Crippen LogP contribution in [0, 0.1) is 6.92 Å². The van der Waals surface area contributed by atoms with Gasteiger partial charge in [0, 0.05) is 42.2 Å². The summed E-state index contributed by atoms with van der Waals surface area (Å²) in [5.74, 6) is 0.667. The zero-order valence-corrected chi connectivity index (χ0v) is 20.9. The average Bonchev–Trinajstić information content (AvgIpc) is 3.21. The van der Waals surface area contributed by atoms with E-state index in [9.17, 15) is 9.59 Å². The Morgan fingerprint density at radius 1 is 1.22 bits per heavy atom. The van der Waals surface area contributed by atoms with Crippen LogP contribution in [0.15, 0.2) is 50.2 Å². The molecule has 10 heteroatoms. The van der Waals surface area contributed by atoms with Crippen LogP contribution in [0.3, 0.4) is 0 Å². The Hall–Kier alpha value is -2.27. The number of carbonyl (C=O) groups excluding carboxylic acids is 2. The topological polar surface area (TPSA) is 87.2 Å². The van der Waals surface area contributed by atoms with Gasteiger partial charge in [0.1, 0.15) is 10.4 Å². The number of carbonyl (C=O) groups is 2. The molecule has 1 aromatic carbocycles. The molecule has 1 fully saturated rings. The van der Waals surface area contributed by atoms with Crippen LogP contribution in [-0.2, 0) is 0 Å². The molecule has 2 aromatic heterocycles. The molecule has 1 aliphatic rings. The van der Waals surface area contributed by atoms with Crippen molar-refractivity contribution in [3.63, 3.8) is 0 Å². The normalized spacial score (nSPS) is 13.8. The first-order valence-corrected chi connectivity index (χ1v) is 12.5. The third kappa shape index (κ3) is 5.37. The molecule has 1 amide bonds. The number of aryl methyl sites for hydroxylation is 1. The molecule has 0 bridgehead atoms. The molecule has 2 N–H and O–H groups in total. The number of rotatable bonds is 6. The largest absolute Gasteiger partial charge is 0.336 e. The van der Waals surface area contributed by atoms with E-state index >= 15 is 0 Å². The monoisotopic (exact) mass is 531 g/mol. The standard InChI is InChI=1S/C22H22BrN5O2S2/c1-13-10-16(14(2)29)17(11-15(13)21(30)28-8-6-24-7-9-28)31-20-12-25-22(32-20)27-19-5-3-4-18(23)26-19/h3-5,10-12,24H,6-9H2,1-2H3,(H,25,26,27). The van der Waals surface area contributed by atoms with Gasteiger partial charge in [0.05, 0.1) is 10.4 Å². The molecule has 1 aliphatic heterocycles. The van der Waals surface area contributed by atoms with Gasteiger partial charge in [-0.15, -0.1) is 0 Å². The number of amides is 1. The van der Waals surface area contributed by atoms with Gasteiger partial charge in [-0.2, -0.15) is 0 Å². The predicted octanol–water partition coefficient (Wildman–Crippen LogP) is 4.75. The molecule has 0 unspecified atom stereocenters. The number of nitrogens with one attached hydrogen (secondary N) is 2. The molecular formula is C22H22BrN5O2S2. The highest BCUT2D eigenvalue weighted by molar-refractivity contribution is 9.10. The predicted molar refractivity (Wildman–Crippen MR) is 131 cm³/mol. The maximum absolute atomic E-state index is 13.1. The van der Waals surface area contributed by atoms with Gasteiger partial charge in [-0.05, 0) is 59.6 Å². The van der Waals surface area contributed by atoms with Crippen LogP contribution < -0.4 is 10.6 Å². The number of thiazole rings is 1. The van der Waals surface area contributed by atoms with Crippen molar-refractivity contribution in [2.75, 3.05) is 31.5 Å². The van der Waals surface area contributed by atoms with Crippen LogP contribution in [0.25, 0.3) is 0 Å². The van der Waals surface area contributed by atoms with Crippen molar-refractivity contribution < 1.29 is 9.59 Å². The number of piperazine rings is 1. The molecule has 1 saturated heterocycles. The Kier molecular flexibility index (Phi) is 7.24. The molecular weight excluding hydrogens is 510 g/mol. The van der Waals surface area contributed by atoms with E-state index in [0.717, 1.165) is 32.4 Å². The summed E-state index contributed by atoms with van der Waals surface area (Å²) in [7, 11) is 0. The molecule has 0 radical (unpaired) electrons. The summed E-state index contributed by atoms with van der Waals surface area (Å²) < 4.78 is 1.65. The molecule has 0 saturated carbocycles. The van der Waals surface area contributed by atoms with Gasteiger partial charge >= 0.3 is 0 Å². The zero-order chi connectivity index (χ0) is 22.7. The summed E-state index contributed by atoms with van der Waals surface area (Å²) in [5, 5.41) is 7.16. The van der Waals surface area contributed by atoms with Gasteiger partial charge in [-0.25, -0.2) is 9.97 Å². The fraction of sp³-hybridized carbons (Fsp3) is 0.273. The Morgan fingerprint density at radius 2 is 2.00 bits per heavy atom. The maximum Gasteiger partial charge on any atom is 0.254 e. The number of Topliss-reactive ketones (excluding diaryl/α,β-unsaturated/α-hetero) is 1. The van der Waals surface area contributed by atoms with E-state index in [2.05, 4.69) is 36.5 Å². The lowest BCUT2D eigenvalue weighted by molar-refractivity contribution is 0.0734. The molecule has 3 aromatic rings. The van der Waals surface area contributed by atoms with E-state index in [1.165, 1.54) is 23.1 Å². The van der Waals surface area contributed by atoms with Crippen LogP contribution in [0.2, 0.25) is 0 Å². The van der Waals surface area contributed by atoms with E-state index in [1.807, 2.05) is 42.2 Å². The fourth-order valence-electron chi connectivity index (χ4n) is 3.38. The summed E-state index contributed by atoms with van der Waals surface area (Å²) in [6.45, 7) is 6.39. The maximum atomic E-state index is 13.1. The van der Waals surface area contributed by atoms with Crippen molar-refractivity contribution in [1.29, 1.82) is 0 Å². The first-order valence-electron chi connectivity index (χ1n) is 10.1. The second kappa shape index (κ2) is 10.1. The summed E-state index contributed by atoms with van der Waals surface area (Å²) in [6.07, 6.45) is 1.76. The molecule has 32 heavy (non-hydrogen) atoms. The number of benzene rings is 1. The molecule has 0 atom stereocenters. The van der Waals surface area contributed by atoms with Crippen LogP contribution in [0.4, 0.5) is 10.9 Å². The quantitative estimate of drug-likeness (QED) is 0.350. The molecule has 0 spiro atoms. The van der Waals surface area contributed by atoms with Crippen LogP contribution in [-0.4, -0.2) is 52.7 Å². The van der Waals surface area contributed by atoms with Gasteiger partial charge in [0.25, 0.3) is 5.91 Å². The number of pyridine rings is 1. The second-order valence-corrected chi connectivity index (χ2v) is 10.5. The zero-order valence-electron chi connectivity index (χ0n) is 17.6. The van der Waals surface area contributed by atoms with Crippen molar-refractivity contribution in [2.45, 2.75) is 23.0 Å². The first kappa shape index (κ1) is 22.9. The van der Waals surface area contributed by atoms with Crippen molar-refractivity contribution in [3.8, 4) is 0 Å². The molecule has 166 valence electrons. The van der Waals surface area contributed by atoms with Crippen LogP contribution in [0.1, 0.15) is 33.2 Å². The summed E-state index contributed by atoms with van der Waals surface area (Å²) in [6, 6.07) is 9.29. The average molecular weight is 532 g/mol. The highest BCUT2D eigenvalue weighted by Crippen LogP contribution is 2.38. The third-order valence-corrected chi connectivity index (χ3v) is 7.50. The lowest BCUT2D eigenvalue weighted by atomic mass is 10.0. The summed E-state index contributed by atoms with van der Waals surface area (Å²) >= 11 is 6.27. The summed E-state index contributed by atoms with van der Waals surface area (Å²) in [5.41, 5.74) is 2.07. The van der Waals surface area contributed by atoms with Crippen molar-refractivity contribution in [1.82, 2.24) is 20.2 Å². The number of hydrogen-bond donors (Lipinski definition) is 2. The van der Waals surface area contributed by atoms with Gasteiger partial charge in [0.2, 0.25) is 0 Å². The minimum absolute atomic E-state index is 0.00772. The van der Waals surface area contributed by atoms with Gasteiger partial charge in [-0.3, -0.25) is 9.59 Å². The molecule has 0 aliphatic carbocycles. The van der Waals surface area contributed by atoms with Gasteiger partial charge in [0.15, 0.2) is 10.9 Å². The van der Waals surface area contributed by atoms with E-state index < -0.39 is 0 Å². The lowest BCUT2D eigenvalue weighted by Gasteiger charge is -2.28. The van der Waals surface area contributed by atoms with E-state index in [-0.39, 0.29) is 11.7 Å². The number of halogens is 1. The number of aromatic nitrogens is 2. The minimum atomic E-state index is -0.0297. The Labute approximate surface area is 203 Å². The number of hydrogen-bond acceptors (Lipinski definition) is 8. The van der Waals surface area contributed by atoms with E-state index in [1.54, 1.807) is 13.1 Å². The third-order valence-electron chi connectivity index (χ3n) is 4.99. The second-order valence-electron chi connectivity index (χ2n) is 7.32. The highest BCUT2D eigenvalue weighted by atomic mass is 79.9. The SMILES string of the molecule is CC(=O)c1cc(C)c(C(=O)N2CCNCC2)cc1Sc1cnc(Nc2cccc(Br)n2)s1. The smallest absolute Gasteiger partial charge is 0.254 e.